The molecule has 13 heavy (non-hydrogen) atoms. The van der Waals surface area contributed by atoms with Crippen LogP contribution in [-0.2, 0) is 4.79 Å². The predicted octanol–water partition coefficient (Wildman–Crippen LogP) is -1.35. The molecule has 0 atom stereocenters. The number of nitrogens with zero attached hydrogens (tertiary/aromatic N) is 2. The van der Waals surface area contributed by atoms with Crippen LogP contribution in [0.1, 0.15) is 6.92 Å². The van der Waals surface area contributed by atoms with Gasteiger partial charge < -0.3 is 5.11 Å². The summed E-state index contributed by atoms with van der Waals surface area (Å²) in [6, 6.07) is 0. The zero-order valence-electron chi connectivity index (χ0n) is 7.99. The van der Waals surface area contributed by atoms with E-state index >= 15 is 0 Å². The predicted molar refractivity (Wildman–Crippen MR) is 48.9 cm³/mol. The minimum absolute atomic E-state index is 0.0180. The average molecular weight is 187 g/mol. The van der Waals surface area contributed by atoms with Crippen molar-refractivity contribution in [3.05, 3.63) is 0 Å². The third kappa shape index (κ3) is 3.71. The molecule has 0 aromatic heterocycles. The fourth-order valence-electron chi connectivity index (χ4n) is 1.45. The van der Waals surface area contributed by atoms with E-state index in [2.05, 4.69) is 10.3 Å². The van der Waals surface area contributed by atoms with Gasteiger partial charge in [0.25, 0.3) is 0 Å². The molecule has 1 heterocycles. The van der Waals surface area contributed by atoms with Gasteiger partial charge in [-0.15, -0.1) is 0 Å². The number of aliphatic hydroxyl groups excluding tert-OH is 1. The second-order valence-electron chi connectivity index (χ2n) is 3.22. The minimum atomic E-state index is -0.0180. The quantitative estimate of drug-likeness (QED) is 0.573. The van der Waals surface area contributed by atoms with Gasteiger partial charge in [-0.2, -0.15) is 0 Å². The molecular formula is C8H17N3O2. The molecule has 76 valence electrons. The summed E-state index contributed by atoms with van der Waals surface area (Å²) >= 11 is 0. The van der Waals surface area contributed by atoms with Crippen LogP contribution in [0.25, 0.3) is 0 Å². The van der Waals surface area contributed by atoms with E-state index in [4.69, 9.17) is 5.11 Å². The lowest BCUT2D eigenvalue weighted by Gasteiger charge is -2.33. The van der Waals surface area contributed by atoms with Crippen molar-refractivity contribution in [1.29, 1.82) is 0 Å². The molecule has 0 bridgehead atoms. The first-order chi connectivity index (χ1) is 6.22. The topological polar surface area (TPSA) is 55.8 Å². The molecule has 0 saturated carbocycles. The Labute approximate surface area is 78.3 Å². The van der Waals surface area contributed by atoms with E-state index in [1.54, 1.807) is 0 Å². The molecule has 0 aromatic rings. The molecular weight excluding hydrogens is 170 g/mol. The molecule has 0 radical (unpaired) electrons. The first-order valence-corrected chi connectivity index (χ1v) is 4.58. The Balaban J connectivity index is 2.18. The van der Waals surface area contributed by atoms with Crippen molar-refractivity contribution in [2.45, 2.75) is 6.92 Å². The molecule has 1 fully saturated rings. The van der Waals surface area contributed by atoms with E-state index in [-0.39, 0.29) is 12.5 Å². The second-order valence-corrected chi connectivity index (χ2v) is 3.22. The summed E-state index contributed by atoms with van der Waals surface area (Å²) in [5, 5.41) is 10.6. The first kappa shape index (κ1) is 10.4. The van der Waals surface area contributed by atoms with Gasteiger partial charge in [0.05, 0.1) is 6.61 Å². The fourth-order valence-corrected chi connectivity index (χ4v) is 1.45. The van der Waals surface area contributed by atoms with Gasteiger partial charge >= 0.3 is 0 Å². The summed E-state index contributed by atoms with van der Waals surface area (Å²) < 4.78 is 0. The molecule has 1 rings (SSSR count). The van der Waals surface area contributed by atoms with Crippen molar-refractivity contribution >= 4 is 5.91 Å². The molecule has 2 N–H and O–H groups in total. The zero-order valence-corrected chi connectivity index (χ0v) is 7.99. The van der Waals surface area contributed by atoms with Crippen molar-refractivity contribution in [3.63, 3.8) is 0 Å². The Morgan fingerprint density at radius 3 is 2.46 bits per heavy atom. The Bertz CT molecular complexity index is 167. The highest BCUT2D eigenvalue weighted by atomic mass is 16.3. The number of aliphatic hydroxyl groups is 1. The monoisotopic (exact) mass is 187 g/mol. The molecule has 0 aliphatic carbocycles. The SMILES string of the molecule is CC(=O)NN1CCN(CCO)CC1. The molecule has 5 nitrogen and oxygen atoms in total. The minimum Gasteiger partial charge on any atom is -0.395 e. The number of hydrogen-bond acceptors (Lipinski definition) is 4. The number of carbonyl (C=O) groups excluding carboxylic acids is 1. The Hall–Kier alpha value is -0.650. The smallest absolute Gasteiger partial charge is 0.231 e. The number of hydrogen-bond donors (Lipinski definition) is 2. The number of amides is 1. The third-order valence-corrected chi connectivity index (χ3v) is 2.10. The van der Waals surface area contributed by atoms with Crippen LogP contribution in [0.2, 0.25) is 0 Å². The van der Waals surface area contributed by atoms with E-state index in [1.807, 2.05) is 5.01 Å². The van der Waals surface area contributed by atoms with E-state index in [0.29, 0.717) is 0 Å². The summed E-state index contributed by atoms with van der Waals surface area (Å²) in [5.74, 6) is -0.0180. The molecule has 1 saturated heterocycles. The number of carbonyl (C=O) groups is 1. The summed E-state index contributed by atoms with van der Waals surface area (Å²) in [7, 11) is 0. The maximum Gasteiger partial charge on any atom is 0.231 e. The van der Waals surface area contributed by atoms with Crippen LogP contribution in [0.4, 0.5) is 0 Å². The van der Waals surface area contributed by atoms with Crippen molar-refractivity contribution in [1.82, 2.24) is 15.3 Å². The normalized spacial score (nSPS) is 20.2. The van der Waals surface area contributed by atoms with Crippen molar-refractivity contribution in [2.75, 3.05) is 39.3 Å². The molecule has 1 amide bonds. The highest BCUT2D eigenvalue weighted by molar-refractivity contribution is 5.72. The van der Waals surface area contributed by atoms with Gasteiger partial charge in [0.1, 0.15) is 0 Å². The first-order valence-electron chi connectivity index (χ1n) is 4.58. The molecule has 1 aliphatic heterocycles. The van der Waals surface area contributed by atoms with Crippen LogP contribution in [0.3, 0.4) is 0 Å². The molecule has 0 spiro atoms. The number of piperazine rings is 1. The van der Waals surface area contributed by atoms with Crippen LogP contribution < -0.4 is 5.43 Å². The van der Waals surface area contributed by atoms with E-state index in [1.165, 1.54) is 6.92 Å². The van der Waals surface area contributed by atoms with Crippen LogP contribution >= 0.6 is 0 Å². The highest BCUT2D eigenvalue weighted by Gasteiger charge is 2.16. The number of nitrogens with one attached hydrogen (secondary N) is 1. The van der Waals surface area contributed by atoms with Gasteiger partial charge in [-0.3, -0.25) is 15.1 Å². The second kappa shape index (κ2) is 5.16. The summed E-state index contributed by atoms with van der Waals surface area (Å²) in [6.45, 7) is 5.93. The van der Waals surface area contributed by atoms with Crippen molar-refractivity contribution in [2.24, 2.45) is 0 Å². The van der Waals surface area contributed by atoms with Crippen LogP contribution in [-0.4, -0.2) is 60.3 Å². The summed E-state index contributed by atoms with van der Waals surface area (Å²) in [6.07, 6.45) is 0. The van der Waals surface area contributed by atoms with E-state index in [9.17, 15) is 4.79 Å². The zero-order chi connectivity index (χ0) is 9.68. The van der Waals surface area contributed by atoms with Gasteiger partial charge in [0.15, 0.2) is 0 Å². The van der Waals surface area contributed by atoms with Crippen molar-refractivity contribution < 1.29 is 9.90 Å². The third-order valence-electron chi connectivity index (χ3n) is 2.10. The maximum atomic E-state index is 10.7. The molecule has 5 heteroatoms. The van der Waals surface area contributed by atoms with Crippen LogP contribution in [0, 0.1) is 0 Å². The van der Waals surface area contributed by atoms with Crippen LogP contribution in [0.15, 0.2) is 0 Å². The van der Waals surface area contributed by atoms with Gasteiger partial charge in [-0.25, -0.2) is 5.01 Å². The maximum absolute atomic E-state index is 10.7. The summed E-state index contributed by atoms with van der Waals surface area (Å²) in [5.41, 5.74) is 2.75. The van der Waals surface area contributed by atoms with Crippen LogP contribution in [0.5, 0.6) is 0 Å². The summed E-state index contributed by atoms with van der Waals surface area (Å²) in [4.78, 5) is 12.9. The highest BCUT2D eigenvalue weighted by Crippen LogP contribution is 1.97. The lowest BCUT2D eigenvalue weighted by Crippen LogP contribution is -2.53. The number of rotatable bonds is 3. The molecule has 0 unspecified atom stereocenters. The Kier molecular flexibility index (Phi) is 4.14. The molecule has 0 aromatic carbocycles. The van der Waals surface area contributed by atoms with Gasteiger partial charge in [-0.1, -0.05) is 0 Å². The fraction of sp³-hybridized carbons (Fsp3) is 0.875. The van der Waals surface area contributed by atoms with E-state index in [0.717, 1.165) is 32.7 Å². The van der Waals surface area contributed by atoms with Crippen molar-refractivity contribution in [3.8, 4) is 0 Å². The van der Waals surface area contributed by atoms with E-state index < -0.39 is 0 Å². The number of β-amino-alcohol motifs (C(OH)–C–C–N with tert-alkyl or cyclic N) is 1. The average Bonchev–Trinajstić information content (AvgIpc) is 2.08. The Morgan fingerprint density at radius 2 is 2.00 bits per heavy atom. The van der Waals surface area contributed by atoms with Gasteiger partial charge in [0.2, 0.25) is 5.91 Å². The lowest BCUT2D eigenvalue weighted by atomic mass is 10.3. The van der Waals surface area contributed by atoms with Gasteiger partial charge in [0, 0.05) is 39.6 Å². The Morgan fingerprint density at radius 1 is 1.38 bits per heavy atom. The van der Waals surface area contributed by atoms with Gasteiger partial charge in [-0.05, 0) is 0 Å². The standard InChI is InChI=1S/C8H17N3O2/c1-8(13)9-11-4-2-10(3-5-11)6-7-12/h12H,2-7H2,1H3,(H,9,13). The molecule has 1 aliphatic rings. The lowest BCUT2D eigenvalue weighted by molar-refractivity contribution is -0.124. The largest absolute Gasteiger partial charge is 0.395 e. The number of hydrazine groups is 1.